The van der Waals surface area contributed by atoms with Gasteiger partial charge in [0.2, 0.25) is 0 Å². The van der Waals surface area contributed by atoms with Crippen LogP contribution in [-0.2, 0) is 0 Å². The van der Waals surface area contributed by atoms with Gasteiger partial charge in [0.15, 0.2) is 0 Å². The first-order chi connectivity index (χ1) is 5.76. The highest BCUT2D eigenvalue weighted by atomic mass is 15.0. The Morgan fingerprint density at radius 2 is 2.00 bits per heavy atom. The highest BCUT2D eigenvalue weighted by molar-refractivity contribution is 5.32. The average molecular weight is 161 g/mol. The smallest absolute Gasteiger partial charge is 0.0226 e. The van der Waals surface area contributed by atoms with E-state index in [9.17, 15) is 0 Å². The maximum absolute atomic E-state index is 3.36. The molecule has 0 aliphatic heterocycles. The highest BCUT2D eigenvalue weighted by Crippen LogP contribution is 2.50. The van der Waals surface area contributed by atoms with Crippen molar-refractivity contribution in [2.45, 2.75) is 24.8 Å². The molecule has 0 unspecified atom stereocenters. The third-order valence-electron chi connectivity index (χ3n) is 3.01. The van der Waals surface area contributed by atoms with Gasteiger partial charge >= 0.3 is 0 Å². The maximum atomic E-state index is 3.36. The van der Waals surface area contributed by atoms with Crippen LogP contribution in [-0.4, -0.2) is 12.6 Å². The van der Waals surface area contributed by atoms with Crippen molar-refractivity contribution in [3.05, 3.63) is 35.9 Å². The van der Waals surface area contributed by atoms with Crippen molar-refractivity contribution < 1.29 is 0 Å². The molecule has 2 rings (SSSR count). The molecule has 0 radical (unpaired) electrons. The fraction of sp³-hybridized carbons (Fsp3) is 0.455. The van der Waals surface area contributed by atoms with Crippen LogP contribution in [0.4, 0.5) is 0 Å². The van der Waals surface area contributed by atoms with E-state index in [4.69, 9.17) is 0 Å². The summed E-state index contributed by atoms with van der Waals surface area (Å²) in [5, 5.41) is 3.36. The Morgan fingerprint density at radius 1 is 1.33 bits per heavy atom. The van der Waals surface area contributed by atoms with Crippen molar-refractivity contribution >= 4 is 0 Å². The third kappa shape index (κ3) is 1.14. The van der Waals surface area contributed by atoms with E-state index in [2.05, 4.69) is 42.6 Å². The molecule has 1 aliphatic carbocycles. The van der Waals surface area contributed by atoms with E-state index < -0.39 is 0 Å². The molecule has 1 aromatic carbocycles. The topological polar surface area (TPSA) is 12.0 Å². The van der Waals surface area contributed by atoms with E-state index in [0.717, 1.165) is 5.92 Å². The molecule has 0 amide bonds. The summed E-state index contributed by atoms with van der Waals surface area (Å²) in [7, 11) is 2.04. The summed E-state index contributed by atoms with van der Waals surface area (Å²) >= 11 is 0. The Labute approximate surface area is 73.8 Å². The summed E-state index contributed by atoms with van der Waals surface area (Å²) in [6, 6.07) is 10.7. The Hall–Kier alpha value is -0.820. The zero-order chi connectivity index (χ0) is 8.60. The van der Waals surface area contributed by atoms with Gasteiger partial charge in [-0.25, -0.2) is 0 Å². The van der Waals surface area contributed by atoms with Gasteiger partial charge in [0.05, 0.1) is 0 Å². The SMILES string of the molecule is CN[C@@]1(C)C[C@H]1c1ccccc1. The Balaban J connectivity index is 2.16. The molecule has 0 aromatic heterocycles. The van der Waals surface area contributed by atoms with Crippen LogP contribution < -0.4 is 5.32 Å². The van der Waals surface area contributed by atoms with Crippen LogP contribution in [0.5, 0.6) is 0 Å². The molecule has 1 nitrogen and oxygen atoms in total. The highest BCUT2D eigenvalue weighted by Gasteiger charge is 2.49. The quantitative estimate of drug-likeness (QED) is 0.700. The molecule has 1 heteroatoms. The Bertz CT molecular complexity index is 268. The van der Waals surface area contributed by atoms with Gasteiger partial charge < -0.3 is 5.32 Å². The number of nitrogens with one attached hydrogen (secondary N) is 1. The molecule has 0 bridgehead atoms. The van der Waals surface area contributed by atoms with Gasteiger partial charge in [-0.05, 0) is 26.0 Å². The van der Waals surface area contributed by atoms with Crippen molar-refractivity contribution in [2.24, 2.45) is 0 Å². The van der Waals surface area contributed by atoms with Gasteiger partial charge in [-0.15, -0.1) is 0 Å². The molecule has 0 saturated heterocycles. The fourth-order valence-corrected chi connectivity index (χ4v) is 1.81. The minimum absolute atomic E-state index is 0.362. The van der Waals surface area contributed by atoms with Gasteiger partial charge in [-0.1, -0.05) is 30.3 Å². The molecule has 64 valence electrons. The minimum atomic E-state index is 0.362. The third-order valence-corrected chi connectivity index (χ3v) is 3.01. The summed E-state index contributed by atoms with van der Waals surface area (Å²) in [5.74, 6) is 0.726. The van der Waals surface area contributed by atoms with Gasteiger partial charge in [-0.3, -0.25) is 0 Å². The van der Waals surface area contributed by atoms with Crippen LogP contribution in [0.25, 0.3) is 0 Å². The van der Waals surface area contributed by atoms with E-state index in [-0.39, 0.29) is 0 Å². The molecule has 0 heterocycles. The van der Waals surface area contributed by atoms with Gasteiger partial charge in [0.1, 0.15) is 0 Å². The monoisotopic (exact) mass is 161 g/mol. The normalized spacial score (nSPS) is 33.3. The summed E-state index contributed by atoms with van der Waals surface area (Å²) in [6.45, 7) is 2.28. The Morgan fingerprint density at radius 3 is 2.50 bits per heavy atom. The lowest BCUT2D eigenvalue weighted by molar-refractivity contribution is 0.586. The summed E-state index contributed by atoms with van der Waals surface area (Å²) in [5.41, 5.74) is 1.83. The van der Waals surface area contributed by atoms with E-state index in [1.54, 1.807) is 0 Å². The van der Waals surface area contributed by atoms with E-state index in [1.807, 2.05) is 7.05 Å². The van der Waals surface area contributed by atoms with Gasteiger partial charge in [0.25, 0.3) is 0 Å². The maximum Gasteiger partial charge on any atom is 0.0226 e. The zero-order valence-electron chi connectivity index (χ0n) is 7.67. The molecule has 0 spiro atoms. The number of likely N-dealkylation sites (N-methyl/N-ethyl adjacent to an activating group) is 1. The van der Waals surface area contributed by atoms with Crippen LogP contribution >= 0.6 is 0 Å². The van der Waals surface area contributed by atoms with Crippen LogP contribution in [0.1, 0.15) is 24.8 Å². The summed E-state index contributed by atoms with van der Waals surface area (Å²) in [4.78, 5) is 0. The number of hydrogen-bond acceptors (Lipinski definition) is 1. The summed E-state index contributed by atoms with van der Waals surface area (Å²) in [6.07, 6.45) is 1.27. The lowest BCUT2D eigenvalue weighted by atomic mass is 10.1. The van der Waals surface area contributed by atoms with Crippen molar-refractivity contribution in [1.29, 1.82) is 0 Å². The molecule has 1 fully saturated rings. The lowest BCUT2D eigenvalue weighted by Crippen LogP contribution is -2.24. The summed E-state index contributed by atoms with van der Waals surface area (Å²) < 4.78 is 0. The number of benzene rings is 1. The van der Waals surface area contributed by atoms with E-state index >= 15 is 0 Å². The van der Waals surface area contributed by atoms with Gasteiger partial charge in [0, 0.05) is 11.5 Å². The largest absolute Gasteiger partial charge is 0.314 e. The Kier molecular flexibility index (Phi) is 1.69. The van der Waals surface area contributed by atoms with Crippen molar-refractivity contribution in [3.8, 4) is 0 Å². The van der Waals surface area contributed by atoms with E-state index in [0.29, 0.717) is 5.54 Å². The second kappa shape index (κ2) is 2.60. The molecule has 1 saturated carbocycles. The second-order valence-corrected chi connectivity index (χ2v) is 3.83. The lowest BCUT2D eigenvalue weighted by Gasteiger charge is -2.08. The van der Waals surface area contributed by atoms with Crippen LogP contribution in [0.3, 0.4) is 0 Å². The second-order valence-electron chi connectivity index (χ2n) is 3.83. The number of rotatable bonds is 2. The first-order valence-electron chi connectivity index (χ1n) is 4.50. The molecular formula is C11H15N. The zero-order valence-corrected chi connectivity index (χ0v) is 7.67. The first-order valence-corrected chi connectivity index (χ1v) is 4.50. The number of hydrogen-bond donors (Lipinski definition) is 1. The molecule has 2 atom stereocenters. The van der Waals surface area contributed by atoms with Crippen molar-refractivity contribution in [1.82, 2.24) is 5.32 Å². The van der Waals surface area contributed by atoms with Crippen molar-refractivity contribution in [3.63, 3.8) is 0 Å². The molecule has 1 N–H and O–H groups in total. The minimum Gasteiger partial charge on any atom is -0.314 e. The molecular weight excluding hydrogens is 146 g/mol. The molecule has 12 heavy (non-hydrogen) atoms. The van der Waals surface area contributed by atoms with E-state index in [1.165, 1.54) is 12.0 Å². The van der Waals surface area contributed by atoms with Gasteiger partial charge in [-0.2, -0.15) is 0 Å². The molecule has 1 aromatic rings. The predicted molar refractivity (Wildman–Crippen MR) is 51.3 cm³/mol. The fourth-order valence-electron chi connectivity index (χ4n) is 1.81. The standard InChI is InChI=1S/C11H15N/c1-11(12-2)8-10(11)9-6-4-3-5-7-9/h3-7,10,12H,8H2,1-2H3/t10-,11-/m0/s1. The average Bonchev–Trinajstić information content (AvgIpc) is 2.81. The molecule has 1 aliphatic rings. The van der Waals surface area contributed by atoms with Crippen molar-refractivity contribution in [2.75, 3.05) is 7.05 Å². The van der Waals surface area contributed by atoms with Crippen LogP contribution in [0, 0.1) is 0 Å². The predicted octanol–water partition coefficient (Wildman–Crippen LogP) is 2.15. The van der Waals surface area contributed by atoms with Crippen LogP contribution in [0.15, 0.2) is 30.3 Å². The van der Waals surface area contributed by atoms with Crippen LogP contribution in [0.2, 0.25) is 0 Å². The first kappa shape index (κ1) is 7.81.